The number of anilines is 1. The lowest BCUT2D eigenvalue weighted by atomic mass is 10.1. The molecule has 0 spiro atoms. The second kappa shape index (κ2) is 10.8. The predicted octanol–water partition coefficient (Wildman–Crippen LogP) is 3.14. The molecule has 0 atom stereocenters. The van der Waals surface area contributed by atoms with Crippen LogP contribution in [-0.2, 0) is 26.2 Å². The van der Waals surface area contributed by atoms with Gasteiger partial charge in [0.25, 0.3) is 5.56 Å². The van der Waals surface area contributed by atoms with Crippen LogP contribution in [-0.4, -0.2) is 26.4 Å². The van der Waals surface area contributed by atoms with Gasteiger partial charge in [0.15, 0.2) is 5.78 Å². The van der Waals surface area contributed by atoms with E-state index in [0.717, 1.165) is 15.7 Å². The van der Waals surface area contributed by atoms with Gasteiger partial charge in [-0.25, -0.2) is 4.79 Å². The average Bonchev–Trinajstić information content (AvgIpc) is 3.36. The summed E-state index contributed by atoms with van der Waals surface area (Å²) in [4.78, 5) is 41.6. The Balaban J connectivity index is 1.70. The summed E-state index contributed by atoms with van der Waals surface area (Å²) in [5.41, 5.74) is 6.80. The Bertz CT molecular complexity index is 1390. The van der Waals surface area contributed by atoms with Crippen molar-refractivity contribution in [2.45, 2.75) is 33.1 Å². The van der Waals surface area contributed by atoms with Crippen LogP contribution in [0.25, 0.3) is 0 Å². The van der Waals surface area contributed by atoms with E-state index in [2.05, 4.69) is 0 Å². The molecule has 4 aromatic rings. The first kappa shape index (κ1) is 24.0. The zero-order valence-corrected chi connectivity index (χ0v) is 19.6. The van der Waals surface area contributed by atoms with Crippen LogP contribution in [0.4, 0.5) is 5.82 Å². The van der Waals surface area contributed by atoms with E-state index in [0.29, 0.717) is 18.8 Å². The number of hydrogen-bond donors (Lipinski definition) is 1. The Kier molecular flexibility index (Phi) is 7.42. The van der Waals surface area contributed by atoms with E-state index in [1.54, 1.807) is 19.3 Å². The maximum atomic E-state index is 13.5. The smallest absolute Gasteiger partial charge is 0.332 e. The molecule has 180 valence electrons. The molecule has 0 saturated heterocycles. The number of Topliss-reactive ketones (excluding diaryl/α,β-unsaturated/α-hetero) is 1. The Labute approximate surface area is 202 Å². The molecule has 0 aliphatic heterocycles. The van der Waals surface area contributed by atoms with Crippen LogP contribution in [0.5, 0.6) is 0 Å². The largest absolute Gasteiger partial charge is 0.468 e. The van der Waals surface area contributed by atoms with Gasteiger partial charge in [-0.3, -0.25) is 23.6 Å². The van der Waals surface area contributed by atoms with Crippen LogP contribution in [0.1, 0.15) is 34.2 Å². The quantitative estimate of drug-likeness (QED) is 0.356. The highest BCUT2D eigenvalue weighted by molar-refractivity contribution is 6.01. The summed E-state index contributed by atoms with van der Waals surface area (Å²) in [5.74, 6) is 0.136. The molecule has 0 saturated carbocycles. The van der Waals surface area contributed by atoms with Crippen LogP contribution >= 0.6 is 0 Å². The number of nitrogen functional groups attached to an aromatic ring is 1. The number of carbonyl (C=O) groups excluding carboxylic acids is 1. The fraction of sp³-hybridized carbons (Fsp3) is 0.222. The minimum absolute atomic E-state index is 0.0672. The van der Waals surface area contributed by atoms with E-state index in [-0.39, 0.29) is 31.0 Å². The lowest BCUT2D eigenvalue weighted by Crippen LogP contribution is -2.45. The second-order valence-corrected chi connectivity index (χ2v) is 8.30. The van der Waals surface area contributed by atoms with Crippen molar-refractivity contribution in [3.8, 4) is 0 Å². The van der Waals surface area contributed by atoms with Gasteiger partial charge in [-0.1, -0.05) is 60.7 Å². The molecule has 2 aromatic heterocycles. The van der Waals surface area contributed by atoms with Crippen molar-refractivity contribution in [3.63, 3.8) is 0 Å². The molecule has 0 radical (unpaired) electrons. The molecule has 8 nitrogen and oxygen atoms in total. The van der Waals surface area contributed by atoms with Gasteiger partial charge in [0.1, 0.15) is 17.1 Å². The highest BCUT2D eigenvalue weighted by Crippen LogP contribution is 2.14. The molecule has 0 bridgehead atoms. The number of benzene rings is 2. The van der Waals surface area contributed by atoms with Gasteiger partial charge in [0.05, 0.1) is 25.9 Å². The fourth-order valence-corrected chi connectivity index (χ4v) is 4.09. The molecule has 2 N–H and O–H groups in total. The van der Waals surface area contributed by atoms with Crippen molar-refractivity contribution < 1.29 is 9.21 Å². The van der Waals surface area contributed by atoms with Crippen LogP contribution in [0.3, 0.4) is 0 Å². The first-order chi connectivity index (χ1) is 17.0. The number of carbonyl (C=O) groups is 1. The zero-order chi connectivity index (χ0) is 24.8. The Hall–Kier alpha value is -4.17. The third kappa shape index (κ3) is 5.50. The first-order valence-corrected chi connectivity index (χ1v) is 11.5. The van der Waals surface area contributed by atoms with Crippen LogP contribution in [0.15, 0.2) is 93.1 Å². The van der Waals surface area contributed by atoms with Crippen molar-refractivity contribution in [1.29, 1.82) is 0 Å². The van der Waals surface area contributed by atoms with Gasteiger partial charge in [-0.15, -0.1) is 0 Å². The fourth-order valence-electron chi connectivity index (χ4n) is 4.09. The van der Waals surface area contributed by atoms with Gasteiger partial charge in [-0.2, -0.15) is 0 Å². The molecule has 4 rings (SSSR count). The standard InChI is InChI=1S/C27H28N4O4/c1-2-30-26(33)24(25(28)31(27(30)34)17-21-12-7-4-8-13-21)23(32)19-29(18-22-14-9-15-35-22)16-20-10-5-3-6-11-20/h3-15H,2,16-19,28H2,1H3. The molecule has 0 unspecified atom stereocenters. The highest BCUT2D eigenvalue weighted by atomic mass is 16.3. The maximum Gasteiger partial charge on any atom is 0.332 e. The molecule has 0 amide bonds. The molecular weight excluding hydrogens is 444 g/mol. The highest BCUT2D eigenvalue weighted by Gasteiger charge is 2.24. The van der Waals surface area contributed by atoms with Crippen molar-refractivity contribution in [2.75, 3.05) is 12.3 Å². The molecule has 0 fully saturated rings. The number of nitrogens with two attached hydrogens (primary N) is 1. The molecule has 8 heteroatoms. The van der Waals surface area contributed by atoms with E-state index in [4.69, 9.17) is 10.2 Å². The van der Waals surface area contributed by atoms with Gasteiger partial charge < -0.3 is 10.2 Å². The minimum Gasteiger partial charge on any atom is -0.468 e. The van der Waals surface area contributed by atoms with Gasteiger partial charge in [0.2, 0.25) is 0 Å². The van der Waals surface area contributed by atoms with Gasteiger partial charge in [-0.05, 0) is 30.2 Å². The topological polar surface area (TPSA) is 103 Å². The lowest BCUT2D eigenvalue weighted by molar-refractivity contribution is 0.0912. The summed E-state index contributed by atoms with van der Waals surface area (Å²) in [7, 11) is 0. The number of nitrogens with zero attached hydrogens (tertiary/aromatic N) is 3. The van der Waals surface area contributed by atoms with Crippen molar-refractivity contribution >= 4 is 11.6 Å². The molecular formula is C27H28N4O4. The second-order valence-electron chi connectivity index (χ2n) is 8.30. The van der Waals surface area contributed by atoms with Gasteiger partial charge >= 0.3 is 5.69 Å². The SMILES string of the molecule is CCn1c(=O)c(C(=O)CN(Cc2ccccc2)Cc2ccco2)c(N)n(Cc2ccccc2)c1=O. The minimum atomic E-state index is -0.665. The van der Waals surface area contributed by atoms with Crippen LogP contribution in [0.2, 0.25) is 0 Å². The summed E-state index contributed by atoms with van der Waals surface area (Å²) in [5, 5.41) is 0. The Morgan fingerprint density at radius 2 is 1.54 bits per heavy atom. The van der Waals surface area contributed by atoms with Crippen molar-refractivity contribution in [2.24, 2.45) is 0 Å². The van der Waals surface area contributed by atoms with Crippen molar-refractivity contribution in [3.05, 3.63) is 122 Å². The number of hydrogen-bond acceptors (Lipinski definition) is 6. The summed E-state index contributed by atoms with van der Waals surface area (Å²) in [6, 6.07) is 22.7. The normalized spacial score (nSPS) is 11.1. The van der Waals surface area contributed by atoms with E-state index in [1.807, 2.05) is 71.6 Å². The number of ketones is 1. The van der Waals surface area contributed by atoms with Crippen LogP contribution in [0, 0.1) is 0 Å². The Morgan fingerprint density at radius 1 is 0.886 bits per heavy atom. The summed E-state index contributed by atoms with van der Waals surface area (Å²) in [6.45, 7) is 2.76. The lowest BCUT2D eigenvalue weighted by Gasteiger charge is -2.22. The van der Waals surface area contributed by atoms with E-state index in [9.17, 15) is 14.4 Å². The number of rotatable bonds is 10. The third-order valence-electron chi connectivity index (χ3n) is 5.82. The predicted molar refractivity (Wildman–Crippen MR) is 134 cm³/mol. The number of furan rings is 1. The van der Waals surface area contributed by atoms with Gasteiger partial charge in [0, 0.05) is 13.1 Å². The number of aromatic nitrogens is 2. The molecule has 2 heterocycles. The van der Waals surface area contributed by atoms with E-state index in [1.165, 1.54) is 4.57 Å². The van der Waals surface area contributed by atoms with Crippen LogP contribution < -0.4 is 17.0 Å². The molecule has 2 aromatic carbocycles. The summed E-state index contributed by atoms with van der Waals surface area (Å²) in [6.07, 6.45) is 1.58. The molecule has 35 heavy (non-hydrogen) atoms. The maximum absolute atomic E-state index is 13.5. The summed E-state index contributed by atoms with van der Waals surface area (Å²) >= 11 is 0. The van der Waals surface area contributed by atoms with E-state index >= 15 is 0 Å². The first-order valence-electron chi connectivity index (χ1n) is 11.5. The summed E-state index contributed by atoms with van der Waals surface area (Å²) < 4.78 is 7.83. The van der Waals surface area contributed by atoms with E-state index < -0.39 is 17.0 Å². The third-order valence-corrected chi connectivity index (χ3v) is 5.82. The van der Waals surface area contributed by atoms with Crippen molar-refractivity contribution in [1.82, 2.24) is 14.0 Å². The molecule has 0 aliphatic carbocycles. The zero-order valence-electron chi connectivity index (χ0n) is 19.6. The Morgan fingerprint density at radius 3 is 2.14 bits per heavy atom. The monoisotopic (exact) mass is 472 g/mol. The average molecular weight is 473 g/mol. The molecule has 0 aliphatic rings.